The van der Waals surface area contributed by atoms with E-state index in [0.29, 0.717) is 16.0 Å². The van der Waals surface area contributed by atoms with E-state index in [1.54, 1.807) is 13.0 Å². The van der Waals surface area contributed by atoms with Gasteiger partial charge in [-0.05, 0) is 36.8 Å². The predicted octanol–water partition coefficient (Wildman–Crippen LogP) is 3.50. The number of rotatable bonds is 5. The first-order chi connectivity index (χ1) is 19.0. The zero-order chi connectivity index (χ0) is 28.3. The lowest BCUT2D eigenvalue weighted by molar-refractivity contribution is 0.566. The summed E-state index contributed by atoms with van der Waals surface area (Å²) in [6.07, 6.45) is 4.69. The number of nitrogens with zero attached hydrogens (tertiary/aromatic N) is 7. The van der Waals surface area contributed by atoms with Crippen LogP contribution in [0, 0.1) is 11.6 Å². The average molecular weight is 581 g/mol. The van der Waals surface area contributed by atoms with Gasteiger partial charge in [0.05, 0.1) is 27.6 Å². The number of nitrogens with two attached hydrogens (primary N) is 1. The second-order valence-corrected chi connectivity index (χ2v) is 12.2. The molecule has 1 aromatic carbocycles. The Labute approximate surface area is 228 Å². The van der Waals surface area contributed by atoms with Gasteiger partial charge in [-0.2, -0.15) is 5.10 Å². The fraction of sp³-hybridized carbons (Fsp3) is 0.120. The highest BCUT2D eigenvalue weighted by Crippen LogP contribution is 2.37. The van der Waals surface area contributed by atoms with E-state index in [4.69, 9.17) is 10.8 Å². The van der Waals surface area contributed by atoms with Crippen LogP contribution in [-0.2, 0) is 9.84 Å². The Bertz CT molecular complexity index is 2140. The Kier molecular flexibility index (Phi) is 5.92. The van der Waals surface area contributed by atoms with Crippen molar-refractivity contribution in [3.8, 4) is 21.7 Å². The number of anilines is 1. The quantitative estimate of drug-likeness (QED) is 0.323. The van der Waals surface area contributed by atoms with Crippen LogP contribution in [0.4, 0.5) is 14.6 Å². The molecule has 0 aliphatic heterocycles. The van der Waals surface area contributed by atoms with Crippen LogP contribution >= 0.6 is 11.3 Å². The molecule has 11 nitrogen and oxygen atoms in total. The molecule has 40 heavy (non-hydrogen) atoms. The second kappa shape index (κ2) is 9.24. The molecule has 0 radical (unpaired) electrons. The third kappa shape index (κ3) is 4.19. The molecular formula is C25H18F2N8O3S2. The first kappa shape index (κ1) is 25.6. The van der Waals surface area contributed by atoms with Gasteiger partial charge in [-0.15, -0.1) is 11.3 Å². The molecule has 0 saturated carbocycles. The van der Waals surface area contributed by atoms with Gasteiger partial charge in [0.25, 0.3) is 5.56 Å². The zero-order valence-corrected chi connectivity index (χ0v) is 22.4. The van der Waals surface area contributed by atoms with Crippen LogP contribution in [0.15, 0.2) is 64.3 Å². The topological polar surface area (TPSA) is 151 Å². The maximum absolute atomic E-state index is 14.3. The van der Waals surface area contributed by atoms with Crippen molar-refractivity contribution in [3.05, 3.63) is 82.8 Å². The summed E-state index contributed by atoms with van der Waals surface area (Å²) in [5.41, 5.74) is 6.84. The van der Waals surface area contributed by atoms with Gasteiger partial charge in [-0.25, -0.2) is 41.8 Å². The molecule has 5 heterocycles. The summed E-state index contributed by atoms with van der Waals surface area (Å²) in [6, 6.07) is 7.20. The monoisotopic (exact) mass is 580 g/mol. The molecule has 15 heteroatoms. The molecule has 202 valence electrons. The molecule has 5 aromatic heterocycles. The summed E-state index contributed by atoms with van der Waals surface area (Å²) in [5.74, 6) is -1.12. The van der Waals surface area contributed by atoms with Crippen LogP contribution in [0.25, 0.3) is 38.4 Å². The Hall–Kier alpha value is -4.63. The molecule has 0 saturated heterocycles. The van der Waals surface area contributed by atoms with Gasteiger partial charge in [-0.1, -0.05) is 12.1 Å². The SMILES string of the molecule is CC(c1nc2ccc(F)cn2c(=O)c1-c1cccc(F)c1)n1nc(-c2cnc(S(C)(=O)=O)s2)c2c(N)ncnc21. The predicted molar refractivity (Wildman–Crippen MR) is 145 cm³/mol. The third-order valence-electron chi connectivity index (χ3n) is 6.24. The number of fused-ring (bicyclic) bond motifs is 2. The highest BCUT2D eigenvalue weighted by Gasteiger charge is 2.27. The molecule has 0 bridgehead atoms. The Balaban J connectivity index is 1.63. The lowest BCUT2D eigenvalue weighted by Gasteiger charge is -2.18. The van der Waals surface area contributed by atoms with E-state index in [2.05, 4.69) is 19.9 Å². The molecule has 2 N–H and O–H groups in total. The molecule has 0 aliphatic carbocycles. The highest BCUT2D eigenvalue weighted by atomic mass is 32.2. The number of hydrogen-bond donors (Lipinski definition) is 1. The lowest BCUT2D eigenvalue weighted by atomic mass is 10.0. The molecule has 1 atom stereocenters. The first-order valence-corrected chi connectivity index (χ1v) is 14.4. The van der Waals surface area contributed by atoms with Crippen molar-refractivity contribution in [3.63, 3.8) is 0 Å². The summed E-state index contributed by atoms with van der Waals surface area (Å²) in [6.45, 7) is 1.72. The van der Waals surface area contributed by atoms with Crippen molar-refractivity contribution < 1.29 is 17.2 Å². The van der Waals surface area contributed by atoms with E-state index in [-0.39, 0.29) is 38.3 Å². The number of sulfone groups is 1. The minimum Gasteiger partial charge on any atom is -0.383 e. The largest absolute Gasteiger partial charge is 0.383 e. The molecule has 0 amide bonds. The maximum atomic E-state index is 14.3. The van der Waals surface area contributed by atoms with Crippen LogP contribution in [-0.4, -0.2) is 48.8 Å². The van der Waals surface area contributed by atoms with Crippen LogP contribution in [0.1, 0.15) is 18.7 Å². The van der Waals surface area contributed by atoms with Crippen LogP contribution in [0.5, 0.6) is 0 Å². The minimum atomic E-state index is -3.57. The van der Waals surface area contributed by atoms with Gasteiger partial charge in [0.2, 0.25) is 14.2 Å². The molecule has 0 aliphatic rings. The molecule has 1 unspecified atom stereocenters. The van der Waals surface area contributed by atoms with Crippen molar-refractivity contribution >= 4 is 43.7 Å². The summed E-state index contributed by atoms with van der Waals surface area (Å²) < 4.78 is 54.9. The number of nitrogen functional groups attached to an aromatic ring is 1. The van der Waals surface area contributed by atoms with E-state index >= 15 is 0 Å². The van der Waals surface area contributed by atoms with E-state index in [0.717, 1.165) is 28.2 Å². The van der Waals surface area contributed by atoms with Crippen LogP contribution < -0.4 is 11.3 Å². The van der Waals surface area contributed by atoms with E-state index in [9.17, 15) is 22.0 Å². The van der Waals surface area contributed by atoms with Gasteiger partial charge < -0.3 is 5.73 Å². The molecular weight excluding hydrogens is 562 g/mol. The van der Waals surface area contributed by atoms with Crippen LogP contribution in [0.3, 0.4) is 0 Å². The number of halogens is 2. The minimum absolute atomic E-state index is 0.0412. The fourth-order valence-corrected chi connectivity index (χ4v) is 6.20. The standard InChI is InChI=1S/C25H18F2N8O3S2/c1-12(20-18(13-4-3-5-14(26)8-13)24(36)34-10-15(27)6-7-17(34)32-20)35-23-19(22(28)30-11-31-23)21(33-35)16-9-29-25(39-16)40(2,37)38/h3-12H,1-2H3,(H2,28,30,31). The number of aromatic nitrogens is 7. The normalized spacial score (nSPS) is 12.8. The average Bonchev–Trinajstić information content (AvgIpc) is 3.55. The molecule has 6 rings (SSSR count). The zero-order valence-electron chi connectivity index (χ0n) is 20.8. The van der Waals surface area contributed by atoms with Crippen molar-refractivity contribution in [1.82, 2.24) is 34.1 Å². The van der Waals surface area contributed by atoms with Gasteiger partial charge in [0.1, 0.15) is 35.1 Å². The molecule has 0 fully saturated rings. The number of hydrogen-bond acceptors (Lipinski definition) is 10. The van der Waals surface area contributed by atoms with E-state index < -0.39 is 33.1 Å². The molecule has 6 aromatic rings. The summed E-state index contributed by atoms with van der Waals surface area (Å²) >= 11 is 0.912. The van der Waals surface area contributed by atoms with E-state index in [1.165, 1.54) is 47.5 Å². The molecule has 0 spiro atoms. The number of pyridine rings is 1. The first-order valence-electron chi connectivity index (χ1n) is 11.7. The summed E-state index contributed by atoms with van der Waals surface area (Å²) in [5, 5.41) is 5.05. The van der Waals surface area contributed by atoms with Gasteiger partial charge in [0, 0.05) is 18.6 Å². The highest BCUT2D eigenvalue weighted by molar-refractivity contribution is 7.92. The number of thiazole rings is 1. The van der Waals surface area contributed by atoms with Gasteiger partial charge in [-0.3, -0.25) is 9.20 Å². The lowest BCUT2D eigenvalue weighted by Crippen LogP contribution is -2.23. The number of benzene rings is 1. The van der Waals surface area contributed by atoms with Crippen molar-refractivity contribution in [2.75, 3.05) is 12.0 Å². The van der Waals surface area contributed by atoms with Crippen molar-refractivity contribution in [2.24, 2.45) is 0 Å². The van der Waals surface area contributed by atoms with Crippen molar-refractivity contribution in [1.29, 1.82) is 0 Å². The van der Waals surface area contributed by atoms with E-state index in [1.807, 2.05) is 0 Å². The summed E-state index contributed by atoms with van der Waals surface area (Å²) in [4.78, 5) is 31.2. The van der Waals surface area contributed by atoms with Crippen LogP contribution in [0.2, 0.25) is 0 Å². The Morgan fingerprint density at radius 2 is 1.88 bits per heavy atom. The fourth-order valence-electron chi connectivity index (χ4n) is 4.44. The van der Waals surface area contributed by atoms with Gasteiger partial charge >= 0.3 is 0 Å². The smallest absolute Gasteiger partial charge is 0.266 e. The maximum Gasteiger partial charge on any atom is 0.266 e. The van der Waals surface area contributed by atoms with Crippen molar-refractivity contribution in [2.45, 2.75) is 17.3 Å². The second-order valence-electron chi connectivity index (χ2n) is 8.95. The Morgan fingerprint density at radius 1 is 1.07 bits per heavy atom. The Morgan fingerprint density at radius 3 is 2.60 bits per heavy atom. The van der Waals surface area contributed by atoms with Gasteiger partial charge in [0.15, 0.2) is 5.65 Å². The summed E-state index contributed by atoms with van der Waals surface area (Å²) in [7, 11) is -3.57. The third-order valence-corrected chi connectivity index (χ3v) is 8.94.